The number of benzene rings is 2. The zero-order valence-electron chi connectivity index (χ0n) is 18.2. The topological polar surface area (TPSA) is 118 Å². The maximum Gasteiger partial charge on any atom is 0.326 e. The molecule has 2 aromatic carbocycles. The predicted octanol–water partition coefficient (Wildman–Crippen LogP) is 3.59. The maximum absolute atomic E-state index is 12.8. The summed E-state index contributed by atoms with van der Waals surface area (Å²) in [6, 6.07) is 14.1. The van der Waals surface area contributed by atoms with Crippen LogP contribution in [0.4, 0.5) is 5.69 Å². The van der Waals surface area contributed by atoms with Crippen molar-refractivity contribution in [3.05, 3.63) is 69.7 Å². The highest BCUT2D eigenvalue weighted by Gasteiger charge is 2.19. The molecule has 0 fully saturated rings. The van der Waals surface area contributed by atoms with E-state index >= 15 is 0 Å². The lowest BCUT2D eigenvalue weighted by Gasteiger charge is -2.22. The molecule has 0 saturated heterocycles. The van der Waals surface area contributed by atoms with E-state index in [0.717, 1.165) is 10.1 Å². The molecule has 1 amide bonds. The van der Waals surface area contributed by atoms with Crippen molar-refractivity contribution >= 4 is 51.2 Å². The van der Waals surface area contributed by atoms with E-state index in [0.29, 0.717) is 27.2 Å². The Kier molecular flexibility index (Phi) is 6.61. The number of hydrogen-bond acceptors (Lipinski definition) is 7. The van der Waals surface area contributed by atoms with Gasteiger partial charge in [0.2, 0.25) is 5.58 Å². The Morgan fingerprint density at radius 2 is 2.06 bits per heavy atom. The minimum atomic E-state index is -0.791. The van der Waals surface area contributed by atoms with Gasteiger partial charge in [-0.3, -0.25) is 19.0 Å². The predicted molar refractivity (Wildman–Crippen MR) is 126 cm³/mol. The summed E-state index contributed by atoms with van der Waals surface area (Å²) in [6.45, 7) is 0.925. The summed E-state index contributed by atoms with van der Waals surface area (Å²) in [6.07, 6.45) is 1.34. The third-order valence-corrected chi connectivity index (χ3v) is 5.63. The first-order valence-electron chi connectivity index (χ1n) is 10.3. The number of rotatable bonds is 7. The Balaban J connectivity index is 1.46. The number of fused-ring (bicyclic) bond motifs is 3. The number of nitrogens with zero attached hydrogens (tertiary/aromatic N) is 4. The first kappa shape index (κ1) is 23.0. The second-order valence-electron chi connectivity index (χ2n) is 7.50. The SMILES string of the molecule is Cc1cc(N(CCC#N)C(=O)COC(=O)Cn2cnc3c(oc4ccccc43)c2=O)ccc1Cl. The zero-order valence-corrected chi connectivity index (χ0v) is 18.9. The van der Waals surface area contributed by atoms with Gasteiger partial charge in [-0.1, -0.05) is 23.7 Å². The number of hydrogen-bond donors (Lipinski definition) is 0. The van der Waals surface area contributed by atoms with E-state index in [1.165, 1.54) is 11.2 Å². The minimum absolute atomic E-state index is 0.0355. The van der Waals surface area contributed by atoms with Gasteiger partial charge in [-0.05, 0) is 42.8 Å². The number of anilines is 1. The van der Waals surface area contributed by atoms with Crippen LogP contribution in [0.2, 0.25) is 5.02 Å². The molecule has 2 heterocycles. The Bertz CT molecular complexity index is 1500. The van der Waals surface area contributed by atoms with Crippen LogP contribution in [0.15, 0.2) is 58.0 Å². The van der Waals surface area contributed by atoms with Gasteiger partial charge in [0, 0.05) is 22.6 Å². The van der Waals surface area contributed by atoms with E-state index in [1.807, 2.05) is 12.1 Å². The Hall–Kier alpha value is -4.16. The molecule has 0 radical (unpaired) electrons. The van der Waals surface area contributed by atoms with Crippen LogP contribution in [0.3, 0.4) is 0 Å². The Morgan fingerprint density at radius 1 is 1.26 bits per heavy atom. The molecule has 0 unspecified atom stereocenters. The number of halogens is 1. The summed E-state index contributed by atoms with van der Waals surface area (Å²) in [7, 11) is 0. The molecule has 0 N–H and O–H groups in total. The number of nitriles is 1. The molecule has 0 saturated carbocycles. The third kappa shape index (κ3) is 4.63. The van der Waals surface area contributed by atoms with Crippen LogP contribution in [-0.4, -0.2) is 34.6 Å². The van der Waals surface area contributed by atoms with E-state index in [-0.39, 0.29) is 18.5 Å². The molecule has 0 aliphatic rings. The van der Waals surface area contributed by atoms with Crippen molar-refractivity contribution in [2.45, 2.75) is 19.9 Å². The van der Waals surface area contributed by atoms with Gasteiger partial charge in [0.05, 0.1) is 18.8 Å². The normalized spacial score (nSPS) is 10.9. The summed E-state index contributed by atoms with van der Waals surface area (Å²) in [5, 5.41) is 10.2. The molecule has 0 atom stereocenters. The highest BCUT2D eigenvalue weighted by molar-refractivity contribution is 6.31. The van der Waals surface area contributed by atoms with Gasteiger partial charge in [-0.2, -0.15) is 5.26 Å². The number of amides is 1. The van der Waals surface area contributed by atoms with Crippen molar-refractivity contribution in [1.29, 1.82) is 5.26 Å². The second kappa shape index (κ2) is 9.77. The number of aromatic nitrogens is 2. The summed E-state index contributed by atoms with van der Waals surface area (Å²) >= 11 is 6.06. The number of furan rings is 1. The number of carbonyl (C=O) groups excluding carboxylic acids is 2. The molecule has 9 nitrogen and oxygen atoms in total. The molecule has 34 heavy (non-hydrogen) atoms. The van der Waals surface area contributed by atoms with Gasteiger partial charge in [-0.25, -0.2) is 4.98 Å². The van der Waals surface area contributed by atoms with Crippen LogP contribution in [0.1, 0.15) is 12.0 Å². The maximum atomic E-state index is 12.8. The fraction of sp³-hybridized carbons (Fsp3) is 0.208. The number of ether oxygens (including phenoxy) is 1. The number of carbonyl (C=O) groups is 2. The number of esters is 1. The van der Waals surface area contributed by atoms with Crippen LogP contribution in [0.5, 0.6) is 0 Å². The van der Waals surface area contributed by atoms with E-state index in [2.05, 4.69) is 4.98 Å². The van der Waals surface area contributed by atoms with E-state index < -0.39 is 30.6 Å². The van der Waals surface area contributed by atoms with Crippen LogP contribution >= 0.6 is 11.6 Å². The Labute approximate surface area is 198 Å². The van der Waals surface area contributed by atoms with Crippen molar-refractivity contribution in [3.63, 3.8) is 0 Å². The van der Waals surface area contributed by atoms with Crippen LogP contribution in [-0.2, 0) is 20.9 Å². The van der Waals surface area contributed by atoms with Crippen molar-refractivity contribution < 1.29 is 18.7 Å². The lowest BCUT2D eigenvalue weighted by molar-refractivity contribution is -0.148. The fourth-order valence-electron chi connectivity index (χ4n) is 3.49. The minimum Gasteiger partial charge on any atom is -0.454 e. The van der Waals surface area contributed by atoms with Gasteiger partial charge >= 0.3 is 5.97 Å². The molecule has 0 aliphatic carbocycles. The van der Waals surface area contributed by atoms with Gasteiger partial charge < -0.3 is 14.1 Å². The second-order valence-corrected chi connectivity index (χ2v) is 7.91. The third-order valence-electron chi connectivity index (χ3n) is 5.21. The summed E-state index contributed by atoms with van der Waals surface area (Å²) in [4.78, 5) is 43.5. The summed E-state index contributed by atoms with van der Waals surface area (Å²) in [5.74, 6) is -1.30. The molecular formula is C24H19ClN4O5. The van der Waals surface area contributed by atoms with Crippen LogP contribution < -0.4 is 10.5 Å². The highest BCUT2D eigenvalue weighted by Crippen LogP contribution is 2.24. The zero-order chi connectivity index (χ0) is 24.2. The smallest absolute Gasteiger partial charge is 0.326 e. The van der Waals surface area contributed by atoms with Crippen LogP contribution in [0.25, 0.3) is 22.1 Å². The molecule has 172 valence electrons. The van der Waals surface area contributed by atoms with Gasteiger partial charge in [0.1, 0.15) is 17.6 Å². The van der Waals surface area contributed by atoms with E-state index in [4.69, 9.17) is 26.0 Å². The first-order chi connectivity index (χ1) is 16.4. The summed E-state index contributed by atoms with van der Waals surface area (Å²) in [5.41, 5.74) is 1.73. The highest BCUT2D eigenvalue weighted by atomic mass is 35.5. The van der Waals surface area contributed by atoms with Crippen molar-refractivity contribution in [3.8, 4) is 6.07 Å². The first-order valence-corrected chi connectivity index (χ1v) is 10.7. The Morgan fingerprint density at radius 3 is 2.82 bits per heavy atom. The summed E-state index contributed by atoms with van der Waals surface area (Å²) < 4.78 is 11.8. The van der Waals surface area contributed by atoms with E-state index in [1.54, 1.807) is 43.3 Å². The van der Waals surface area contributed by atoms with Crippen molar-refractivity contribution in [1.82, 2.24) is 9.55 Å². The molecule has 0 spiro atoms. The standard InChI is InChI=1S/C24H19ClN4O5/c1-15-11-16(7-8-18(15)25)29(10-4-9-26)20(30)13-33-21(31)12-28-14-27-22-17-5-2-3-6-19(17)34-23(22)24(28)32/h2-3,5-8,11,14H,4,10,12-13H2,1H3. The molecule has 0 aliphatic heterocycles. The van der Waals surface area contributed by atoms with Crippen molar-refractivity contribution in [2.75, 3.05) is 18.1 Å². The average molecular weight is 479 g/mol. The molecular weight excluding hydrogens is 460 g/mol. The lowest BCUT2D eigenvalue weighted by atomic mass is 10.2. The van der Waals surface area contributed by atoms with Crippen molar-refractivity contribution in [2.24, 2.45) is 0 Å². The largest absolute Gasteiger partial charge is 0.454 e. The van der Waals surface area contributed by atoms with E-state index in [9.17, 15) is 14.4 Å². The average Bonchev–Trinajstić information content (AvgIpc) is 3.21. The monoisotopic (exact) mass is 478 g/mol. The fourth-order valence-corrected chi connectivity index (χ4v) is 3.61. The number of para-hydroxylation sites is 1. The lowest BCUT2D eigenvalue weighted by Crippen LogP contribution is -2.36. The molecule has 0 bridgehead atoms. The van der Waals surface area contributed by atoms with Gasteiger partial charge in [-0.15, -0.1) is 0 Å². The molecule has 4 rings (SSSR count). The quantitative estimate of drug-likeness (QED) is 0.372. The number of aryl methyl sites for hydroxylation is 1. The molecule has 10 heteroatoms. The molecule has 4 aromatic rings. The van der Waals surface area contributed by atoms with Gasteiger partial charge in [0.25, 0.3) is 11.5 Å². The van der Waals surface area contributed by atoms with Crippen LogP contribution in [0, 0.1) is 18.3 Å². The molecule has 2 aromatic heterocycles. The van der Waals surface area contributed by atoms with Gasteiger partial charge in [0.15, 0.2) is 6.61 Å².